The number of quaternary nitrogens is 1. The van der Waals surface area contributed by atoms with E-state index in [1.807, 2.05) is 30.3 Å². The van der Waals surface area contributed by atoms with Gasteiger partial charge < -0.3 is 35.6 Å². The summed E-state index contributed by atoms with van der Waals surface area (Å²) in [5.74, 6) is -0.584. The van der Waals surface area contributed by atoms with Gasteiger partial charge in [-0.25, -0.2) is 4.79 Å². The zero-order valence-corrected chi connectivity index (χ0v) is 12.5. The largest absolute Gasteiger partial charge is 0.458 e. The molecule has 128 valence electrons. The summed E-state index contributed by atoms with van der Waals surface area (Å²) < 4.78 is 9.96. The molecule has 1 heterocycles. The number of benzene rings is 1. The van der Waals surface area contributed by atoms with Gasteiger partial charge in [-0.05, 0) is 5.56 Å². The molecule has 0 unspecified atom stereocenters. The lowest BCUT2D eigenvalue weighted by molar-refractivity contribution is -0.408. The Balaban J connectivity index is 1.84. The topological polar surface area (TPSA) is 144 Å². The number of aliphatic hydroxyl groups is 4. The Labute approximate surface area is 133 Å². The van der Waals surface area contributed by atoms with Crippen molar-refractivity contribution >= 4 is 5.97 Å². The molecule has 23 heavy (non-hydrogen) atoms. The summed E-state index contributed by atoms with van der Waals surface area (Å²) in [7, 11) is 0. The van der Waals surface area contributed by atoms with Crippen molar-refractivity contribution in [1.29, 1.82) is 0 Å². The number of esters is 1. The lowest BCUT2D eigenvalue weighted by atomic mass is 9.99. The average molecular weight is 328 g/mol. The third kappa shape index (κ3) is 4.47. The van der Waals surface area contributed by atoms with Gasteiger partial charge in [-0.15, -0.1) is 0 Å². The third-order valence-electron chi connectivity index (χ3n) is 3.74. The zero-order chi connectivity index (χ0) is 17.0. The van der Waals surface area contributed by atoms with Crippen LogP contribution in [0.3, 0.4) is 0 Å². The second-order valence-electron chi connectivity index (χ2n) is 5.55. The number of aliphatic hydroxyl groups excluding tert-OH is 4. The SMILES string of the molecule is [NH3+][C@H](Cc1ccccc1)C(=O)OC[C@H]1O[C@H](O)[C@H](O)[C@@H](O)[C@H]1O. The minimum absolute atomic E-state index is 0.359. The molecule has 2 rings (SSSR count). The summed E-state index contributed by atoms with van der Waals surface area (Å²) in [6, 6.07) is 8.67. The summed E-state index contributed by atoms with van der Waals surface area (Å²) in [4.78, 5) is 11.9. The molecular weight excluding hydrogens is 306 g/mol. The van der Waals surface area contributed by atoms with Gasteiger partial charge in [0.15, 0.2) is 12.3 Å². The van der Waals surface area contributed by atoms with Gasteiger partial charge in [-0.2, -0.15) is 0 Å². The van der Waals surface area contributed by atoms with Crippen LogP contribution in [0.2, 0.25) is 0 Å². The number of ether oxygens (including phenoxy) is 2. The monoisotopic (exact) mass is 328 g/mol. The van der Waals surface area contributed by atoms with Crippen LogP contribution >= 0.6 is 0 Å². The fourth-order valence-corrected chi connectivity index (χ4v) is 2.33. The van der Waals surface area contributed by atoms with E-state index in [-0.39, 0.29) is 6.61 Å². The molecule has 1 aromatic carbocycles. The maximum Gasteiger partial charge on any atom is 0.365 e. The number of rotatable bonds is 5. The molecule has 1 aromatic rings. The Morgan fingerprint density at radius 2 is 1.78 bits per heavy atom. The summed E-state index contributed by atoms with van der Waals surface area (Å²) in [6.07, 6.45) is -7.05. The Morgan fingerprint density at radius 3 is 2.43 bits per heavy atom. The molecule has 8 heteroatoms. The van der Waals surface area contributed by atoms with Gasteiger partial charge in [-0.1, -0.05) is 30.3 Å². The zero-order valence-electron chi connectivity index (χ0n) is 12.5. The van der Waals surface area contributed by atoms with E-state index in [0.717, 1.165) is 5.56 Å². The van der Waals surface area contributed by atoms with Gasteiger partial charge in [-0.3, -0.25) is 0 Å². The Bertz CT molecular complexity index is 512. The molecule has 0 aromatic heterocycles. The predicted molar refractivity (Wildman–Crippen MR) is 76.7 cm³/mol. The molecule has 8 nitrogen and oxygen atoms in total. The highest BCUT2D eigenvalue weighted by Crippen LogP contribution is 2.20. The van der Waals surface area contributed by atoms with Crippen LogP contribution in [0, 0.1) is 0 Å². The second-order valence-corrected chi connectivity index (χ2v) is 5.55. The van der Waals surface area contributed by atoms with Crippen LogP contribution in [-0.4, -0.2) is 69.8 Å². The third-order valence-corrected chi connectivity index (χ3v) is 3.74. The van der Waals surface area contributed by atoms with Crippen LogP contribution in [0.4, 0.5) is 0 Å². The first-order chi connectivity index (χ1) is 10.9. The van der Waals surface area contributed by atoms with Gasteiger partial charge in [0.1, 0.15) is 31.0 Å². The normalized spacial score (nSPS) is 32.3. The van der Waals surface area contributed by atoms with E-state index in [4.69, 9.17) is 9.47 Å². The molecule has 6 atom stereocenters. The lowest BCUT2D eigenvalue weighted by Gasteiger charge is -2.37. The van der Waals surface area contributed by atoms with Crippen molar-refractivity contribution in [2.24, 2.45) is 0 Å². The van der Waals surface area contributed by atoms with E-state index in [0.29, 0.717) is 6.42 Å². The molecule has 1 aliphatic rings. The Morgan fingerprint density at radius 1 is 1.13 bits per heavy atom. The summed E-state index contributed by atoms with van der Waals surface area (Å²) >= 11 is 0. The number of hydrogen-bond acceptors (Lipinski definition) is 7. The second kappa shape index (κ2) is 7.82. The highest BCUT2D eigenvalue weighted by Gasteiger charge is 2.43. The average Bonchev–Trinajstić information content (AvgIpc) is 2.55. The number of carbonyl (C=O) groups is 1. The molecule has 0 spiro atoms. The van der Waals surface area contributed by atoms with E-state index in [1.165, 1.54) is 0 Å². The van der Waals surface area contributed by atoms with E-state index < -0.39 is 42.7 Å². The van der Waals surface area contributed by atoms with Crippen molar-refractivity contribution in [3.8, 4) is 0 Å². The van der Waals surface area contributed by atoms with Gasteiger partial charge in [0.25, 0.3) is 0 Å². The van der Waals surface area contributed by atoms with E-state index in [1.54, 1.807) is 0 Å². The summed E-state index contributed by atoms with van der Waals surface area (Å²) in [5, 5.41) is 38.1. The molecule has 7 N–H and O–H groups in total. The standard InChI is InChI=1S/C15H21NO7/c16-9(6-8-4-2-1-3-5-8)14(20)22-7-10-11(17)12(18)13(19)15(21)23-10/h1-5,9-13,15,17-19,21H,6-7,16H2/p+1/t9-,10-,11+,12+,13-,15+/m1/s1. The van der Waals surface area contributed by atoms with Crippen LogP contribution in [0.5, 0.6) is 0 Å². The van der Waals surface area contributed by atoms with Crippen LogP contribution in [0.25, 0.3) is 0 Å². The molecular formula is C15H22NO7+. The molecule has 0 aliphatic carbocycles. The van der Waals surface area contributed by atoms with Crippen molar-refractivity contribution < 1.29 is 40.4 Å². The Hall–Kier alpha value is -1.55. The quantitative estimate of drug-likeness (QED) is 0.367. The molecule has 0 radical (unpaired) electrons. The predicted octanol–water partition coefficient (Wildman–Crippen LogP) is -2.82. The van der Waals surface area contributed by atoms with Gasteiger partial charge in [0, 0.05) is 6.42 Å². The summed E-state index contributed by atoms with van der Waals surface area (Å²) in [6.45, 7) is -0.359. The molecule has 0 amide bonds. The van der Waals surface area contributed by atoms with Gasteiger partial charge >= 0.3 is 5.97 Å². The van der Waals surface area contributed by atoms with Crippen LogP contribution < -0.4 is 5.73 Å². The van der Waals surface area contributed by atoms with Crippen molar-refractivity contribution in [2.75, 3.05) is 6.61 Å². The van der Waals surface area contributed by atoms with E-state index >= 15 is 0 Å². The lowest BCUT2D eigenvalue weighted by Crippen LogP contribution is -2.66. The highest BCUT2D eigenvalue weighted by molar-refractivity contribution is 5.74. The van der Waals surface area contributed by atoms with Crippen molar-refractivity contribution in [2.45, 2.75) is 43.2 Å². The molecule has 0 bridgehead atoms. The van der Waals surface area contributed by atoms with Gasteiger partial charge in [0.05, 0.1) is 0 Å². The van der Waals surface area contributed by atoms with Crippen LogP contribution in [-0.2, 0) is 20.7 Å². The minimum atomic E-state index is -1.66. The van der Waals surface area contributed by atoms with E-state index in [2.05, 4.69) is 5.73 Å². The van der Waals surface area contributed by atoms with Crippen LogP contribution in [0.15, 0.2) is 30.3 Å². The fraction of sp³-hybridized carbons (Fsp3) is 0.533. The van der Waals surface area contributed by atoms with Crippen molar-refractivity contribution in [1.82, 2.24) is 0 Å². The molecule has 1 aliphatic heterocycles. The molecule has 1 saturated heterocycles. The van der Waals surface area contributed by atoms with Gasteiger partial charge in [0.2, 0.25) is 0 Å². The summed E-state index contributed by atoms with van der Waals surface area (Å²) in [5.41, 5.74) is 4.68. The fourth-order valence-electron chi connectivity index (χ4n) is 2.33. The molecule has 0 saturated carbocycles. The molecule has 1 fully saturated rings. The van der Waals surface area contributed by atoms with Crippen molar-refractivity contribution in [3.05, 3.63) is 35.9 Å². The van der Waals surface area contributed by atoms with E-state index in [9.17, 15) is 25.2 Å². The number of hydrogen-bond donors (Lipinski definition) is 5. The minimum Gasteiger partial charge on any atom is -0.458 e. The first kappa shape index (κ1) is 17.8. The first-order valence-corrected chi connectivity index (χ1v) is 7.31. The first-order valence-electron chi connectivity index (χ1n) is 7.31. The highest BCUT2D eigenvalue weighted by atomic mass is 16.6. The Kier molecular flexibility index (Phi) is 6.05. The van der Waals surface area contributed by atoms with Crippen LogP contribution in [0.1, 0.15) is 5.56 Å². The maximum atomic E-state index is 11.9. The van der Waals surface area contributed by atoms with Crippen molar-refractivity contribution in [3.63, 3.8) is 0 Å². The number of carbonyl (C=O) groups excluding carboxylic acids is 1. The smallest absolute Gasteiger partial charge is 0.365 e. The maximum absolute atomic E-state index is 11.9.